The minimum atomic E-state index is -0.325. The summed E-state index contributed by atoms with van der Waals surface area (Å²) in [4.78, 5) is 11.2. The van der Waals surface area contributed by atoms with E-state index in [1.54, 1.807) is 0 Å². The highest BCUT2D eigenvalue weighted by Crippen LogP contribution is 2.26. The molecule has 0 unspecified atom stereocenters. The molecule has 0 aliphatic rings. The van der Waals surface area contributed by atoms with E-state index in [9.17, 15) is 4.79 Å². The topological polar surface area (TPSA) is 57.2 Å². The summed E-state index contributed by atoms with van der Waals surface area (Å²) >= 11 is 0. The number of para-hydroxylation sites is 1. The molecule has 98 valence electrons. The molecule has 2 aromatic rings. The molecule has 4 nitrogen and oxygen atoms in total. The van der Waals surface area contributed by atoms with Crippen molar-refractivity contribution in [3.8, 4) is 0 Å². The standard InChI is InChI=1S/C13H16N2O2.ClH/c1-15-8-10(11(14)7-13(16)17-2)9-5-3-4-6-12(9)15;/h3-6,8,11H,7,14H2,1-2H3;1H/t11-;/m0./s1. The van der Waals surface area contributed by atoms with Gasteiger partial charge in [0.15, 0.2) is 0 Å². The smallest absolute Gasteiger partial charge is 0.307 e. The Bertz CT molecular complexity index is 551. The van der Waals surface area contributed by atoms with Gasteiger partial charge in [0.05, 0.1) is 13.5 Å². The summed E-state index contributed by atoms with van der Waals surface area (Å²) in [5.41, 5.74) is 8.13. The Hall–Kier alpha value is -1.52. The van der Waals surface area contributed by atoms with Gasteiger partial charge in [-0.1, -0.05) is 18.2 Å². The maximum atomic E-state index is 11.2. The van der Waals surface area contributed by atoms with Gasteiger partial charge in [-0.05, 0) is 11.6 Å². The highest BCUT2D eigenvalue weighted by Gasteiger charge is 2.16. The molecule has 0 amide bonds. The lowest BCUT2D eigenvalue weighted by Crippen LogP contribution is -2.16. The zero-order valence-electron chi connectivity index (χ0n) is 10.4. The van der Waals surface area contributed by atoms with Crippen LogP contribution in [0, 0.1) is 0 Å². The number of aryl methyl sites for hydroxylation is 1. The molecule has 0 bridgehead atoms. The van der Waals surface area contributed by atoms with E-state index in [4.69, 9.17) is 5.73 Å². The molecule has 0 aliphatic heterocycles. The van der Waals surface area contributed by atoms with Crippen molar-refractivity contribution in [3.05, 3.63) is 36.0 Å². The number of nitrogens with two attached hydrogens (primary N) is 1. The van der Waals surface area contributed by atoms with Crippen LogP contribution in [0.5, 0.6) is 0 Å². The molecule has 0 spiro atoms. The van der Waals surface area contributed by atoms with E-state index >= 15 is 0 Å². The van der Waals surface area contributed by atoms with Crippen LogP contribution in [0.15, 0.2) is 30.5 Å². The molecule has 18 heavy (non-hydrogen) atoms. The number of ether oxygens (including phenoxy) is 1. The first-order chi connectivity index (χ1) is 8.13. The van der Waals surface area contributed by atoms with Crippen molar-refractivity contribution in [1.29, 1.82) is 0 Å². The van der Waals surface area contributed by atoms with Gasteiger partial charge in [0.2, 0.25) is 0 Å². The quantitative estimate of drug-likeness (QED) is 0.868. The van der Waals surface area contributed by atoms with Crippen molar-refractivity contribution >= 4 is 29.3 Å². The molecule has 2 rings (SSSR count). The Kier molecular flexibility index (Phi) is 4.76. The van der Waals surface area contributed by atoms with Crippen LogP contribution in [-0.4, -0.2) is 17.6 Å². The third-order valence-corrected chi connectivity index (χ3v) is 2.94. The number of hydrogen-bond donors (Lipinski definition) is 1. The largest absolute Gasteiger partial charge is 0.469 e. The average Bonchev–Trinajstić information content (AvgIpc) is 2.67. The summed E-state index contributed by atoms with van der Waals surface area (Å²) < 4.78 is 6.65. The average molecular weight is 269 g/mol. The Balaban J connectivity index is 0.00000162. The molecule has 1 heterocycles. The Labute approximate surface area is 112 Å². The van der Waals surface area contributed by atoms with Gasteiger partial charge in [0.1, 0.15) is 0 Å². The summed E-state index contributed by atoms with van der Waals surface area (Å²) in [7, 11) is 3.34. The fourth-order valence-corrected chi connectivity index (χ4v) is 2.04. The summed E-state index contributed by atoms with van der Waals surface area (Å²) in [6, 6.07) is 7.67. The molecule has 0 radical (unpaired) electrons. The van der Waals surface area contributed by atoms with Crippen molar-refractivity contribution in [2.45, 2.75) is 12.5 Å². The predicted molar refractivity (Wildman–Crippen MR) is 73.7 cm³/mol. The first kappa shape index (κ1) is 14.5. The van der Waals surface area contributed by atoms with Gasteiger partial charge < -0.3 is 15.0 Å². The van der Waals surface area contributed by atoms with Crippen molar-refractivity contribution in [3.63, 3.8) is 0 Å². The molecule has 0 fully saturated rings. The molecule has 0 aliphatic carbocycles. The van der Waals surface area contributed by atoms with E-state index in [-0.39, 0.29) is 30.8 Å². The van der Waals surface area contributed by atoms with Gasteiger partial charge in [-0.15, -0.1) is 12.4 Å². The molecule has 0 saturated carbocycles. The van der Waals surface area contributed by atoms with Crippen LogP contribution < -0.4 is 5.73 Å². The summed E-state index contributed by atoms with van der Waals surface area (Å²) in [6.07, 6.45) is 2.17. The monoisotopic (exact) mass is 268 g/mol. The Morgan fingerprint density at radius 1 is 1.44 bits per heavy atom. The van der Waals surface area contributed by atoms with E-state index in [1.165, 1.54) is 7.11 Å². The van der Waals surface area contributed by atoms with Crippen LogP contribution in [0.4, 0.5) is 0 Å². The number of methoxy groups -OCH3 is 1. The summed E-state index contributed by atoms with van der Waals surface area (Å²) in [5.74, 6) is -0.287. The number of hydrogen-bond acceptors (Lipinski definition) is 3. The lowest BCUT2D eigenvalue weighted by molar-refractivity contribution is -0.141. The number of fused-ring (bicyclic) bond motifs is 1. The zero-order chi connectivity index (χ0) is 12.4. The number of halogens is 1. The lowest BCUT2D eigenvalue weighted by Gasteiger charge is -2.08. The van der Waals surface area contributed by atoms with Gasteiger partial charge in [0.25, 0.3) is 0 Å². The van der Waals surface area contributed by atoms with Gasteiger partial charge in [-0.25, -0.2) is 0 Å². The fourth-order valence-electron chi connectivity index (χ4n) is 2.04. The number of benzene rings is 1. The van der Waals surface area contributed by atoms with E-state index in [0.717, 1.165) is 16.5 Å². The normalized spacial score (nSPS) is 11.9. The van der Waals surface area contributed by atoms with Crippen LogP contribution in [0.1, 0.15) is 18.0 Å². The first-order valence-electron chi connectivity index (χ1n) is 5.50. The number of nitrogens with zero attached hydrogens (tertiary/aromatic N) is 1. The van der Waals surface area contributed by atoms with E-state index in [1.807, 2.05) is 42.1 Å². The van der Waals surface area contributed by atoms with Crippen molar-refractivity contribution in [1.82, 2.24) is 4.57 Å². The molecule has 1 aromatic carbocycles. The number of aromatic nitrogens is 1. The van der Waals surface area contributed by atoms with Crippen LogP contribution >= 0.6 is 12.4 Å². The minimum absolute atomic E-state index is 0. The lowest BCUT2D eigenvalue weighted by atomic mass is 10.0. The molecule has 1 atom stereocenters. The van der Waals surface area contributed by atoms with Crippen LogP contribution in [0.2, 0.25) is 0 Å². The maximum absolute atomic E-state index is 11.2. The number of carbonyl (C=O) groups excluding carboxylic acids is 1. The third kappa shape index (κ3) is 2.66. The predicted octanol–water partition coefficient (Wildman–Crippen LogP) is 2.16. The second kappa shape index (κ2) is 5.89. The van der Waals surface area contributed by atoms with E-state index in [0.29, 0.717) is 0 Å². The summed E-state index contributed by atoms with van der Waals surface area (Å²) in [5, 5.41) is 1.09. The molecule has 5 heteroatoms. The van der Waals surface area contributed by atoms with E-state index < -0.39 is 0 Å². The van der Waals surface area contributed by atoms with Crippen LogP contribution in [0.3, 0.4) is 0 Å². The number of rotatable bonds is 3. The van der Waals surface area contributed by atoms with E-state index in [2.05, 4.69) is 4.74 Å². The maximum Gasteiger partial charge on any atom is 0.307 e. The van der Waals surface area contributed by atoms with Crippen molar-refractivity contribution in [2.24, 2.45) is 12.8 Å². The van der Waals surface area contributed by atoms with Crippen LogP contribution in [-0.2, 0) is 16.6 Å². The Morgan fingerprint density at radius 3 is 2.78 bits per heavy atom. The highest BCUT2D eigenvalue weighted by atomic mass is 35.5. The molecular weight excluding hydrogens is 252 g/mol. The molecule has 2 N–H and O–H groups in total. The van der Waals surface area contributed by atoms with Crippen molar-refractivity contribution in [2.75, 3.05) is 7.11 Å². The third-order valence-electron chi connectivity index (χ3n) is 2.94. The second-order valence-corrected chi connectivity index (χ2v) is 4.10. The highest BCUT2D eigenvalue weighted by molar-refractivity contribution is 5.85. The second-order valence-electron chi connectivity index (χ2n) is 4.10. The molecular formula is C13H17ClN2O2. The van der Waals surface area contributed by atoms with Gasteiger partial charge in [-0.3, -0.25) is 4.79 Å². The van der Waals surface area contributed by atoms with Gasteiger partial charge >= 0.3 is 5.97 Å². The number of carbonyl (C=O) groups is 1. The number of esters is 1. The zero-order valence-corrected chi connectivity index (χ0v) is 11.2. The minimum Gasteiger partial charge on any atom is -0.469 e. The van der Waals surface area contributed by atoms with Crippen LogP contribution in [0.25, 0.3) is 10.9 Å². The SMILES string of the molecule is COC(=O)C[C@H](N)c1cn(C)c2ccccc12.Cl. The first-order valence-corrected chi connectivity index (χ1v) is 5.50. The fraction of sp³-hybridized carbons (Fsp3) is 0.308. The van der Waals surface area contributed by atoms with Gasteiger partial charge in [-0.2, -0.15) is 0 Å². The Morgan fingerprint density at radius 2 is 2.11 bits per heavy atom. The molecule has 0 saturated heterocycles. The van der Waals surface area contributed by atoms with Gasteiger partial charge in [0, 0.05) is 30.2 Å². The molecule has 1 aromatic heterocycles. The summed E-state index contributed by atoms with van der Waals surface area (Å²) in [6.45, 7) is 0. The van der Waals surface area contributed by atoms with Crippen molar-refractivity contribution < 1.29 is 9.53 Å².